The van der Waals surface area contributed by atoms with Crippen molar-refractivity contribution in [3.8, 4) is 0 Å². The van der Waals surface area contributed by atoms with Crippen molar-refractivity contribution >= 4 is 41.3 Å². The summed E-state index contributed by atoms with van der Waals surface area (Å²) < 4.78 is 5.91. The first-order valence-electron chi connectivity index (χ1n) is 11.0. The molecule has 168 valence electrons. The van der Waals surface area contributed by atoms with E-state index < -0.39 is 5.91 Å². The minimum absolute atomic E-state index is 0. The molecular formula is C22H30ClN5O3. The van der Waals surface area contributed by atoms with Gasteiger partial charge in [-0.2, -0.15) is 4.98 Å². The summed E-state index contributed by atoms with van der Waals surface area (Å²) in [6.45, 7) is 0.704. The zero-order chi connectivity index (χ0) is 20.8. The highest BCUT2D eigenvalue weighted by molar-refractivity contribution is 6.04. The number of amides is 2. The number of hydrogen-bond acceptors (Lipinski definition) is 6. The van der Waals surface area contributed by atoms with Gasteiger partial charge in [0.05, 0.1) is 5.56 Å². The van der Waals surface area contributed by atoms with E-state index in [9.17, 15) is 9.59 Å². The summed E-state index contributed by atoms with van der Waals surface area (Å²) in [5.74, 6) is -0.485. The average Bonchev–Trinajstić information content (AvgIpc) is 3.35. The van der Waals surface area contributed by atoms with Gasteiger partial charge < -0.3 is 25.3 Å². The molecule has 0 saturated carbocycles. The number of hydrogen-bond donors (Lipinski definition) is 2. The van der Waals surface area contributed by atoms with Crippen LogP contribution < -0.4 is 16.0 Å². The van der Waals surface area contributed by atoms with Gasteiger partial charge in [-0.25, -0.2) is 0 Å². The smallest absolute Gasteiger partial charge is 0.299 e. The molecule has 1 aromatic carbocycles. The van der Waals surface area contributed by atoms with Crippen LogP contribution in [0.15, 0.2) is 22.6 Å². The topological polar surface area (TPSA) is 105 Å². The number of anilines is 1. The van der Waals surface area contributed by atoms with Gasteiger partial charge in [-0.05, 0) is 57.7 Å². The first-order valence-corrected chi connectivity index (χ1v) is 11.0. The Hall–Kier alpha value is -2.32. The molecular weight excluding hydrogens is 418 g/mol. The number of aromatic nitrogens is 1. The molecule has 3 aliphatic heterocycles. The van der Waals surface area contributed by atoms with E-state index in [4.69, 9.17) is 10.2 Å². The first-order chi connectivity index (χ1) is 14.5. The molecule has 0 radical (unpaired) electrons. The maximum atomic E-state index is 13.2. The number of nitrogens with zero attached hydrogens (tertiary/aromatic N) is 3. The van der Waals surface area contributed by atoms with E-state index in [0.29, 0.717) is 41.3 Å². The molecule has 8 nitrogen and oxygen atoms in total. The van der Waals surface area contributed by atoms with E-state index in [1.165, 1.54) is 19.3 Å². The number of primary amides is 1. The quantitative estimate of drug-likeness (QED) is 0.745. The van der Waals surface area contributed by atoms with Gasteiger partial charge in [-0.1, -0.05) is 12.5 Å². The van der Waals surface area contributed by atoms with Gasteiger partial charge >= 0.3 is 0 Å². The van der Waals surface area contributed by atoms with Gasteiger partial charge in [-0.3, -0.25) is 9.59 Å². The molecule has 3 N–H and O–H groups in total. The second-order valence-corrected chi connectivity index (χ2v) is 8.95. The Kier molecular flexibility index (Phi) is 6.12. The standard InChI is InChI=1S/C22H29N5O3.ClH/c1-26-14-5-2-6-15(26)12-13(11-14)24-21(29)17-8-4-10-27(17)22-25-19-16(20(23)28)7-3-9-18(19)30-22;/h3,7,9,13-15,17H,2,4-6,8,10-12H2,1H3,(H2,23,28)(H,24,29);1H/t13?,14?,15?,17-;/m0./s1. The molecule has 3 atom stereocenters. The molecule has 0 aliphatic carbocycles. The van der Waals surface area contributed by atoms with Crippen molar-refractivity contribution in [2.45, 2.75) is 69.1 Å². The van der Waals surface area contributed by atoms with Gasteiger partial charge in [0.2, 0.25) is 5.91 Å². The highest BCUT2D eigenvalue weighted by atomic mass is 35.5. The Bertz CT molecular complexity index is 965. The average molecular weight is 448 g/mol. The van der Waals surface area contributed by atoms with Crippen LogP contribution in [-0.4, -0.2) is 59.5 Å². The fraction of sp³-hybridized carbons (Fsp3) is 0.591. The van der Waals surface area contributed by atoms with Crippen LogP contribution in [-0.2, 0) is 4.79 Å². The van der Waals surface area contributed by atoms with E-state index in [2.05, 4.69) is 22.2 Å². The predicted octanol–water partition coefficient (Wildman–Crippen LogP) is 2.45. The van der Waals surface area contributed by atoms with E-state index in [1.807, 2.05) is 4.90 Å². The molecule has 9 heteroatoms. The van der Waals surface area contributed by atoms with Crippen LogP contribution in [0.1, 0.15) is 55.3 Å². The third-order valence-electron chi connectivity index (χ3n) is 7.16. The normalized spacial score (nSPS) is 28.4. The van der Waals surface area contributed by atoms with Crippen molar-refractivity contribution in [3.63, 3.8) is 0 Å². The fourth-order valence-electron chi connectivity index (χ4n) is 5.56. The molecule has 2 unspecified atom stereocenters. The largest absolute Gasteiger partial charge is 0.423 e. The number of piperidine rings is 2. The Morgan fingerprint density at radius 2 is 1.90 bits per heavy atom. The Morgan fingerprint density at radius 1 is 1.16 bits per heavy atom. The van der Waals surface area contributed by atoms with Crippen molar-refractivity contribution in [3.05, 3.63) is 23.8 Å². The van der Waals surface area contributed by atoms with Gasteiger partial charge in [0.15, 0.2) is 5.58 Å². The Labute approximate surface area is 187 Å². The van der Waals surface area contributed by atoms with Crippen LogP contribution in [0.5, 0.6) is 0 Å². The second kappa shape index (κ2) is 8.67. The molecule has 3 fully saturated rings. The maximum Gasteiger partial charge on any atom is 0.299 e. The number of nitrogens with one attached hydrogen (secondary N) is 1. The fourth-order valence-corrected chi connectivity index (χ4v) is 5.56. The summed E-state index contributed by atoms with van der Waals surface area (Å²) in [6.07, 6.45) is 7.46. The van der Waals surface area contributed by atoms with Crippen LogP contribution >= 0.6 is 12.4 Å². The summed E-state index contributed by atoms with van der Waals surface area (Å²) in [6, 6.07) is 6.60. The molecule has 31 heavy (non-hydrogen) atoms. The number of halogens is 1. The van der Waals surface area contributed by atoms with E-state index in [1.54, 1.807) is 18.2 Å². The number of oxazole rings is 1. The lowest BCUT2D eigenvalue weighted by Crippen LogP contribution is -2.57. The number of fused-ring (bicyclic) bond motifs is 3. The van der Waals surface area contributed by atoms with Gasteiger partial charge in [-0.15, -0.1) is 12.4 Å². The third-order valence-corrected chi connectivity index (χ3v) is 7.16. The molecule has 2 bridgehead atoms. The monoisotopic (exact) mass is 447 g/mol. The second-order valence-electron chi connectivity index (χ2n) is 8.95. The lowest BCUT2D eigenvalue weighted by molar-refractivity contribution is -0.123. The number of carbonyl (C=O) groups excluding carboxylic acids is 2. The van der Waals surface area contributed by atoms with E-state index >= 15 is 0 Å². The zero-order valence-electron chi connectivity index (χ0n) is 17.8. The minimum atomic E-state index is -0.538. The summed E-state index contributed by atoms with van der Waals surface area (Å²) in [7, 11) is 2.22. The van der Waals surface area contributed by atoms with E-state index in [-0.39, 0.29) is 30.4 Å². The van der Waals surface area contributed by atoms with Gasteiger partial charge in [0.1, 0.15) is 11.6 Å². The highest BCUT2D eigenvalue weighted by Crippen LogP contribution is 2.34. The summed E-state index contributed by atoms with van der Waals surface area (Å²) >= 11 is 0. The van der Waals surface area contributed by atoms with Crippen LogP contribution in [0.2, 0.25) is 0 Å². The number of benzene rings is 1. The molecule has 3 saturated heterocycles. The number of nitrogens with two attached hydrogens (primary N) is 1. The Morgan fingerprint density at radius 3 is 2.61 bits per heavy atom. The molecule has 2 amide bonds. The van der Waals surface area contributed by atoms with Crippen molar-refractivity contribution in [1.29, 1.82) is 0 Å². The van der Waals surface area contributed by atoms with Crippen molar-refractivity contribution in [2.24, 2.45) is 5.73 Å². The summed E-state index contributed by atoms with van der Waals surface area (Å²) in [4.78, 5) is 33.8. The van der Waals surface area contributed by atoms with Crippen LogP contribution in [0.4, 0.5) is 6.01 Å². The van der Waals surface area contributed by atoms with Crippen LogP contribution in [0.25, 0.3) is 11.1 Å². The number of carbonyl (C=O) groups is 2. The summed E-state index contributed by atoms with van der Waals surface area (Å²) in [5, 5.41) is 3.32. The highest BCUT2D eigenvalue weighted by Gasteiger charge is 2.39. The first kappa shape index (κ1) is 21.9. The van der Waals surface area contributed by atoms with Crippen molar-refractivity contribution < 1.29 is 14.0 Å². The molecule has 3 aliphatic rings. The third kappa shape index (κ3) is 3.99. The lowest BCUT2D eigenvalue weighted by Gasteiger charge is -2.47. The minimum Gasteiger partial charge on any atom is -0.423 e. The van der Waals surface area contributed by atoms with Crippen LogP contribution in [0.3, 0.4) is 0 Å². The number of rotatable bonds is 4. The molecule has 5 rings (SSSR count). The lowest BCUT2D eigenvalue weighted by atomic mass is 9.82. The maximum absolute atomic E-state index is 13.2. The molecule has 0 spiro atoms. The van der Waals surface area contributed by atoms with Gasteiger partial charge in [0, 0.05) is 24.7 Å². The predicted molar refractivity (Wildman–Crippen MR) is 120 cm³/mol. The van der Waals surface area contributed by atoms with Crippen molar-refractivity contribution in [1.82, 2.24) is 15.2 Å². The van der Waals surface area contributed by atoms with Crippen molar-refractivity contribution in [2.75, 3.05) is 18.5 Å². The van der Waals surface area contributed by atoms with Crippen LogP contribution in [0, 0.1) is 0 Å². The molecule has 1 aromatic heterocycles. The zero-order valence-corrected chi connectivity index (χ0v) is 18.6. The molecule has 2 aromatic rings. The van der Waals surface area contributed by atoms with Gasteiger partial charge in [0.25, 0.3) is 11.9 Å². The Balaban J connectivity index is 0.00000231. The SMILES string of the molecule is CN1C2CCCC1CC(NC(=O)[C@@H]1CCCN1c1nc3c(C(N)=O)cccc3o1)C2.Cl. The number of para-hydroxylation sites is 1. The van der Waals surface area contributed by atoms with E-state index in [0.717, 1.165) is 25.7 Å². The molecule has 4 heterocycles. The summed E-state index contributed by atoms with van der Waals surface area (Å²) in [5.41, 5.74) is 6.77.